The first-order chi connectivity index (χ1) is 9.80. The first-order valence-electron chi connectivity index (χ1n) is 7.91. The molecule has 2 rings (SSSR count). The number of hydrogen-bond acceptors (Lipinski definition) is 0. The Morgan fingerprint density at radius 2 is 1.10 bits per heavy atom. The number of unbranched alkanes of at least 4 members (excludes halogenated alkanes) is 1. The Kier molecular flexibility index (Phi) is 8.46. The maximum atomic E-state index is 2.23. The van der Waals surface area contributed by atoms with Gasteiger partial charge in [0.1, 0.15) is 0 Å². The summed E-state index contributed by atoms with van der Waals surface area (Å²) in [4.78, 5) is 0. The van der Waals surface area contributed by atoms with Crippen LogP contribution in [0.2, 0.25) is 0 Å². The van der Waals surface area contributed by atoms with Gasteiger partial charge < -0.3 is 0 Å². The molecule has 0 heterocycles. The van der Waals surface area contributed by atoms with Gasteiger partial charge in [-0.15, -0.1) is 0 Å². The highest BCUT2D eigenvalue weighted by atomic mass is 13.9. The second kappa shape index (κ2) is 10.3. The predicted octanol–water partition coefficient (Wildman–Crippen LogP) is 5.84. The van der Waals surface area contributed by atoms with Gasteiger partial charge in [-0.1, -0.05) is 81.8 Å². The molecule has 0 N–H and O–H groups in total. The van der Waals surface area contributed by atoms with Crippen molar-refractivity contribution < 1.29 is 0 Å². The number of hydrogen-bond donors (Lipinski definition) is 0. The molecule has 2 aromatic carbocycles. The van der Waals surface area contributed by atoms with Crippen molar-refractivity contribution in [3.8, 4) is 0 Å². The van der Waals surface area contributed by atoms with E-state index in [1.54, 1.807) is 0 Å². The van der Waals surface area contributed by atoms with E-state index in [2.05, 4.69) is 75.4 Å². The molecule has 0 bridgehead atoms. The van der Waals surface area contributed by atoms with E-state index in [1.807, 2.05) is 0 Å². The molecule has 0 aromatic heterocycles. The molecule has 0 fully saturated rings. The summed E-state index contributed by atoms with van der Waals surface area (Å²) in [7, 11) is 0. The fourth-order valence-corrected chi connectivity index (χ4v) is 2.04. The van der Waals surface area contributed by atoms with Gasteiger partial charge in [0, 0.05) is 0 Å². The van der Waals surface area contributed by atoms with Crippen LogP contribution in [0, 0.1) is 0 Å². The van der Waals surface area contributed by atoms with Crippen LogP contribution in [0.3, 0.4) is 0 Å². The Labute approximate surface area is 124 Å². The smallest absolute Gasteiger partial charge is 0.0279 e. The van der Waals surface area contributed by atoms with Gasteiger partial charge in [-0.2, -0.15) is 0 Å². The van der Waals surface area contributed by atoms with Crippen LogP contribution in [0.1, 0.15) is 50.3 Å². The summed E-state index contributed by atoms with van der Waals surface area (Å²) in [5, 5.41) is 0. The van der Waals surface area contributed by atoms with Crippen molar-refractivity contribution in [1.29, 1.82) is 0 Å². The molecular formula is C20H28. The van der Waals surface area contributed by atoms with Gasteiger partial charge in [0.25, 0.3) is 0 Å². The topological polar surface area (TPSA) is 0 Å². The Morgan fingerprint density at radius 1 is 0.600 bits per heavy atom. The minimum absolute atomic E-state index is 1.14. The van der Waals surface area contributed by atoms with Crippen LogP contribution in [0.5, 0.6) is 0 Å². The van der Waals surface area contributed by atoms with Crippen LogP contribution in [-0.2, 0) is 19.3 Å². The standard InChI is InChI=1S/2C10H14/c1-3-9-5-7-10(4-2)8-6-9;1-2-3-7-10-8-5-4-6-9-10/h5-8H,3-4H2,1-2H3;4-6,8-9H,2-3,7H2,1H3. The fourth-order valence-electron chi connectivity index (χ4n) is 2.04. The van der Waals surface area contributed by atoms with Crippen LogP contribution in [0.4, 0.5) is 0 Å². The number of benzene rings is 2. The molecule has 20 heavy (non-hydrogen) atoms. The van der Waals surface area contributed by atoms with E-state index in [4.69, 9.17) is 0 Å². The summed E-state index contributed by atoms with van der Waals surface area (Å²) in [5.41, 5.74) is 4.32. The molecule has 0 nitrogen and oxygen atoms in total. The van der Waals surface area contributed by atoms with Gasteiger partial charge in [-0.05, 0) is 42.4 Å². The number of rotatable bonds is 5. The summed E-state index contributed by atoms with van der Waals surface area (Å²) in [6.07, 6.45) is 6.12. The fraction of sp³-hybridized carbons (Fsp3) is 0.400. The lowest BCUT2D eigenvalue weighted by molar-refractivity contribution is 0.795. The van der Waals surface area contributed by atoms with Crippen LogP contribution in [-0.4, -0.2) is 0 Å². The van der Waals surface area contributed by atoms with E-state index in [0.29, 0.717) is 0 Å². The largest absolute Gasteiger partial charge is 0.0654 e. The van der Waals surface area contributed by atoms with Gasteiger partial charge >= 0.3 is 0 Å². The average Bonchev–Trinajstić information content (AvgIpc) is 2.54. The lowest BCUT2D eigenvalue weighted by Gasteiger charge is -1.97. The van der Waals surface area contributed by atoms with E-state index in [0.717, 1.165) is 12.8 Å². The summed E-state index contributed by atoms with van der Waals surface area (Å²) in [6, 6.07) is 19.5. The van der Waals surface area contributed by atoms with Crippen LogP contribution < -0.4 is 0 Å². The summed E-state index contributed by atoms with van der Waals surface area (Å²) in [5.74, 6) is 0. The molecule has 0 atom stereocenters. The molecule has 0 amide bonds. The lowest BCUT2D eigenvalue weighted by atomic mass is 10.1. The van der Waals surface area contributed by atoms with Crippen molar-refractivity contribution in [2.45, 2.75) is 52.9 Å². The molecule has 0 aliphatic heterocycles. The van der Waals surface area contributed by atoms with Crippen LogP contribution >= 0.6 is 0 Å². The average molecular weight is 268 g/mol. The molecule has 0 heteroatoms. The van der Waals surface area contributed by atoms with Crippen molar-refractivity contribution in [1.82, 2.24) is 0 Å². The molecule has 0 spiro atoms. The van der Waals surface area contributed by atoms with Crippen molar-refractivity contribution >= 4 is 0 Å². The lowest BCUT2D eigenvalue weighted by Crippen LogP contribution is -1.81. The number of aryl methyl sites for hydroxylation is 3. The third kappa shape index (κ3) is 6.56. The molecule has 108 valence electrons. The Hall–Kier alpha value is -1.56. The highest BCUT2D eigenvalue weighted by molar-refractivity contribution is 5.22. The molecule has 0 unspecified atom stereocenters. The normalized spacial score (nSPS) is 9.75. The van der Waals surface area contributed by atoms with Crippen LogP contribution in [0.25, 0.3) is 0 Å². The third-order valence-electron chi connectivity index (χ3n) is 3.50. The predicted molar refractivity (Wildman–Crippen MR) is 90.3 cm³/mol. The van der Waals surface area contributed by atoms with E-state index >= 15 is 0 Å². The zero-order valence-electron chi connectivity index (χ0n) is 13.2. The zero-order valence-corrected chi connectivity index (χ0v) is 13.2. The monoisotopic (exact) mass is 268 g/mol. The molecule has 0 aliphatic rings. The highest BCUT2D eigenvalue weighted by Gasteiger charge is 1.88. The minimum Gasteiger partial charge on any atom is -0.0654 e. The minimum atomic E-state index is 1.14. The SMILES string of the molecule is CCCCc1ccccc1.CCc1ccc(CC)cc1. The van der Waals surface area contributed by atoms with Gasteiger partial charge in [0.2, 0.25) is 0 Å². The van der Waals surface area contributed by atoms with Crippen molar-refractivity contribution in [2.24, 2.45) is 0 Å². The molecular weight excluding hydrogens is 240 g/mol. The van der Waals surface area contributed by atoms with Crippen molar-refractivity contribution in [2.75, 3.05) is 0 Å². The first-order valence-corrected chi connectivity index (χ1v) is 7.91. The van der Waals surface area contributed by atoms with E-state index in [9.17, 15) is 0 Å². The van der Waals surface area contributed by atoms with Gasteiger partial charge in [0.15, 0.2) is 0 Å². The Balaban J connectivity index is 0.000000200. The molecule has 0 saturated heterocycles. The first kappa shape index (κ1) is 16.5. The third-order valence-corrected chi connectivity index (χ3v) is 3.50. The molecule has 0 saturated carbocycles. The van der Waals surface area contributed by atoms with Gasteiger partial charge in [-0.25, -0.2) is 0 Å². The second-order valence-electron chi connectivity index (χ2n) is 5.11. The zero-order chi connectivity index (χ0) is 14.6. The Morgan fingerprint density at radius 3 is 1.50 bits per heavy atom. The highest BCUT2D eigenvalue weighted by Crippen LogP contribution is 2.05. The van der Waals surface area contributed by atoms with E-state index in [-0.39, 0.29) is 0 Å². The van der Waals surface area contributed by atoms with Crippen LogP contribution in [0.15, 0.2) is 54.6 Å². The van der Waals surface area contributed by atoms with E-state index < -0.39 is 0 Å². The van der Waals surface area contributed by atoms with E-state index in [1.165, 1.54) is 36.0 Å². The Bertz CT molecular complexity index is 416. The summed E-state index contributed by atoms with van der Waals surface area (Å²) < 4.78 is 0. The second-order valence-corrected chi connectivity index (χ2v) is 5.11. The van der Waals surface area contributed by atoms with Crippen molar-refractivity contribution in [3.63, 3.8) is 0 Å². The maximum absolute atomic E-state index is 2.23. The van der Waals surface area contributed by atoms with Crippen molar-refractivity contribution in [3.05, 3.63) is 71.3 Å². The quantitative estimate of drug-likeness (QED) is 0.639. The molecule has 0 radical (unpaired) electrons. The summed E-state index contributed by atoms with van der Waals surface area (Å²) in [6.45, 7) is 6.59. The molecule has 2 aromatic rings. The van der Waals surface area contributed by atoms with Gasteiger partial charge in [0.05, 0.1) is 0 Å². The maximum Gasteiger partial charge on any atom is -0.0279 e. The summed E-state index contributed by atoms with van der Waals surface area (Å²) >= 11 is 0. The molecule has 0 aliphatic carbocycles. The van der Waals surface area contributed by atoms with Gasteiger partial charge in [-0.3, -0.25) is 0 Å².